The second-order valence-electron chi connectivity index (χ2n) is 2.49. The van der Waals surface area contributed by atoms with Gasteiger partial charge in [0.25, 0.3) is 5.91 Å². The fraction of sp³-hybridized carbons (Fsp3) is 0.143. The molecular formula is C7H6F3N3O. The summed E-state index contributed by atoms with van der Waals surface area (Å²) in [5, 5.41) is 0. The maximum atomic E-state index is 12.1. The van der Waals surface area contributed by atoms with Crippen LogP contribution >= 0.6 is 0 Å². The van der Waals surface area contributed by atoms with Gasteiger partial charge in [-0.1, -0.05) is 0 Å². The third-order valence-electron chi connectivity index (χ3n) is 1.48. The Balaban J connectivity index is 3.20. The van der Waals surface area contributed by atoms with Gasteiger partial charge in [0.05, 0.1) is 5.56 Å². The summed E-state index contributed by atoms with van der Waals surface area (Å²) in [4.78, 5) is 13.6. The van der Waals surface area contributed by atoms with Crippen molar-refractivity contribution in [2.45, 2.75) is 6.18 Å². The van der Waals surface area contributed by atoms with Gasteiger partial charge in [0, 0.05) is 0 Å². The smallest absolute Gasteiger partial charge is 0.383 e. The fourth-order valence-corrected chi connectivity index (χ4v) is 0.841. The van der Waals surface area contributed by atoms with Crippen LogP contribution in [0.4, 0.5) is 19.0 Å². The minimum atomic E-state index is -4.58. The predicted molar refractivity (Wildman–Crippen MR) is 42.2 cm³/mol. The van der Waals surface area contributed by atoms with Gasteiger partial charge in [-0.2, -0.15) is 13.2 Å². The number of primary amides is 1. The number of halogens is 3. The SMILES string of the molecule is NC(=O)c1ccc(C(F)(F)F)nc1N. The number of aromatic nitrogens is 1. The summed E-state index contributed by atoms with van der Waals surface area (Å²) in [5.41, 5.74) is 8.56. The summed E-state index contributed by atoms with van der Waals surface area (Å²) >= 11 is 0. The van der Waals surface area contributed by atoms with Crippen molar-refractivity contribution >= 4 is 11.7 Å². The number of nitrogens with zero attached hydrogens (tertiary/aromatic N) is 1. The van der Waals surface area contributed by atoms with Crippen molar-refractivity contribution in [3.05, 3.63) is 23.4 Å². The van der Waals surface area contributed by atoms with Crippen LogP contribution in [-0.4, -0.2) is 10.9 Å². The highest BCUT2D eigenvalue weighted by atomic mass is 19.4. The van der Waals surface area contributed by atoms with E-state index in [1.54, 1.807) is 0 Å². The molecule has 1 rings (SSSR count). The van der Waals surface area contributed by atoms with Gasteiger partial charge in [0.15, 0.2) is 0 Å². The van der Waals surface area contributed by atoms with Crippen LogP contribution in [0.1, 0.15) is 16.1 Å². The molecule has 4 N–H and O–H groups in total. The zero-order valence-electron chi connectivity index (χ0n) is 6.80. The molecule has 1 aromatic rings. The molecule has 0 atom stereocenters. The highest BCUT2D eigenvalue weighted by Crippen LogP contribution is 2.28. The van der Waals surface area contributed by atoms with E-state index >= 15 is 0 Å². The number of anilines is 1. The maximum Gasteiger partial charge on any atom is 0.433 e. The molecule has 0 aromatic carbocycles. The molecule has 0 bridgehead atoms. The van der Waals surface area contributed by atoms with E-state index in [9.17, 15) is 18.0 Å². The summed E-state index contributed by atoms with van der Waals surface area (Å²) in [6.45, 7) is 0. The van der Waals surface area contributed by atoms with Crippen molar-refractivity contribution in [1.82, 2.24) is 4.98 Å². The van der Waals surface area contributed by atoms with Gasteiger partial charge >= 0.3 is 6.18 Å². The molecule has 0 radical (unpaired) electrons. The first-order valence-electron chi connectivity index (χ1n) is 3.46. The van der Waals surface area contributed by atoms with Gasteiger partial charge in [-0.15, -0.1) is 0 Å². The van der Waals surface area contributed by atoms with Crippen molar-refractivity contribution in [1.29, 1.82) is 0 Å². The number of hydrogen-bond donors (Lipinski definition) is 2. The molecule has 0 saturated carbocycles. The predicted octanol–water partition coefficient (Wildman–Crippen LogP) is 0.782. The topological polar surface area (TPSA) is 82.0 Å². The molecule has 0 aliphatic rings. The Morgan fingerprint density at radius 2 is 1.93 bits per heavy atom. The van der Waals surface area contributed by atoms with Gasteiger partial charge in [-0.25, -0.2) is 4.98 Å². The molecule has 0 fully saturated rings. The largest absolute Gasteiger partial charge is 0.433 e. The van der Waals surface area contributed by atoms with Gasteiger partial charge in [-0.05, 0) is 12.1 Å². The van der Waals surface area contributed by atoms with E-state index < -0.39 is 23.6 Å². The lowest BCUT2D eigenvalue weighted by atomic mass is 10.2. The number of pyridine rings is 1. The monoisotopic (exact) mass is 205 g/mol. The van der Waals surface area contributed by atoms with Crippen molar-refractivity contribution < 1.29 is 18.0 Å². The molecule has 14 heavy (non-hydrogen) atoms. The summed E-state index contributed by atoms with van der Waals surface area (Å²) < 4.78 is 36.2. The summed E-state index contributed by atoms with van der Waals surface area (Å²) in [7, 11) is 0. The van der Waals surface area contributed by atoms with Crippen LogP contribution in [0.3, 0.4) is 0 Å². The lowest BCUT2D eigenvalue weighted by molar-refractivity contribution is -0.141. The van der Waals surface area contributed by atoms with Crippen LogP contribution in [0.25, 0.3) is 0 Å². The minimum Gasteiger partial charge on any atom is -0.383 e. The average Bonchev–Trinajstić information content (AvgIpc) is 2.01. The summed E-state index contributed by atoms with van der Waals surface area (Å²) in [6.07, 6.45) is -4.58. The average molecular weight is 205 g/mol. The van der Waals surface area contributed by atoms with E-state index in [-0.39, 0.29) is 5.56 Å². The van der Waals surface area contributed by atoms with Crippen LogP contribution in [0.15, 0.2) is 12.1 Å². The first-order chi connectivity index (χ1) is 6.32. The second kappa shape index (κ2) is 3.17. The Labute approximate surface area is 76.7 Å². The first-order valence-corrected chi connectivity index (χ1v) is 3.46. The van der Waals surface area contributed by atoms with Crippen LogP contribution in [0.5, 0.6) is 0 Å². The normalized spacial score (nSPS) is 11.4. The molecular weight excluding hydrogens is 199 g/mol. The number of alkyl halides is 3. The zero-order valence-corrected chi connectivity index (χ0v) is 6.80. The van der Waals surface area contributed by atoms with E-state index in [1.165, 1.54) is 0 Å². The third-order valence-corrected chi connectivity index (χ3v) is 1.48. The van der Waals surface area contributed by atoms with E-state index in [4.69, 9.17) is 11.5 Å². The van der Waals surface area contributed by atoms with Crippen molar-refractivity contribution in [2.24, 2.45) is 5.73 Å². The fourth-order valence-electron chi connectivity index (χ4n) is 0.841. The van der Waals surface area contributed by atoms with Crippen molar-refractivity contribution in [3.8, 4) is 0 Å². The zero-order chi connectivity index (χ0) is 10.9. The molecule has 4 nitrogen and oxygen atoms in total. The quantitative estimate of drug-likeness (QED) is 0.710. The van der Waals surface area contributed by atoms with E-state index in [0.29, 0.717) is 6.07 Å². The Bertz CT molecular complexity index is 375. The highest BCUT2D eigenvalue weighted by molar-refractivity contribution is 5.97. The molecule has 1 aromatic heterocycles. The second-order valence-corrected chi connectivity index (χ2v) is 2.49. The Morgan fingerprint density at radius 1 is 1.36 bits per heavy atom. The molecule has 0 unspecified atom stereocenters. The molecule has 7 heteroatoms. The number of hydrogen-bond acceptors (Lipinski definition) is 3. The van der Waals surface area contributed by atoms with Gasteiger partial charge in [0.2, 0.25) is 0 Å². The van der Waals surface area contributed by atoms with Crippen molar-refractivity contribution in [3.63, 3.8) is 0 Å². The number of carbonyl (C=O) groups is 1. The van der Waals surface area contributed by atoms with Crippen LogP contribution < -0.4 is 11.5 Å². The standard InChI is InChI=1S/C7H6F3N3O/c8-7(9,10)4-2-1-3(6(12)14)5(11)13-4/h1-2H,(H2,11,13)(H2,12,14). The van der Waals surface area contributed by atoms with Crippen LogP contribution in [0.2, 0.25) is 0 Å². The third kappa shape index (κ3) is 1.93. The van der Waals surface area contributed by atoms with E-state index in [0.717, 1.165) is 6.07 Å². The van der Waals surface area contributed by atoms with Crippen molar-refractivity contribution in [2.75, 3.05) is 5.73 Å². The maximum absolute atomic E-state index is 12.1. The summed E-state index contributed by atoms with van der Waals surface area (Å²) in [6, 6.07) is 1.55. The van der Waals surface area contributed by atoms with Gasteiger partial charge < -0.3 is 11.5 Å². The summed E-state index contributed by atoms with van der Waals surface area (Å²) in [5.74, 6) is -1.43. The lowest BCUT2D eigenvalue weighted by Gasteiger charge is -2.07. The van der Waals surface area contributed by atoms with Crippen LogP contribution in [-0.2, 0) is 6.18 Å². The number of nitrogens with two attached hydrogens (primary N) is 2. The number of carbonyl (C=O) groups excluding carboxylic acids is 1. The molecule has 1 amide bonds. The molecule has 0 aliphatic carbocycles. The number of amides is 1. The van der Waals surface area contributed by atoms with E-state index in [1.807, 2.05) is 0 Å². The molecule has 76 valence electrons. The van der Waals surface area contributed by atoms with Crippen LogP contribution in [0, 0.1) is 0 Å². The number of rotatable bonds is 1. The lowest BCUT2D eigenvalue weighted by Crippen LogP contribution is -2.17. The number of nitrogen functional groups attached to an aromatic ring is 1. The van der Waals surface area contributed by atoms with E-state index in [2.05, 4.69) is 4.98 Å². The van der Waals surface area contributed by atoms with Gasteiger partial charge in [0.1, 0.15) is 11.5 Å². The Kier molecular flexibility index (Phi) is 2.33. The highest BCUT2D eigenvalue weighted by Gasteiger charge is 2.33. The minimum absolute atomic E-state index is 0.224. The molecule has 0 spiro atoms. The molecule has 0 saturated heterocycles. The molecule has 1 heterocycles. The van der Waals surface area contributed by atoms with Gasteiger partial charge in [-0.3, -0.25) is 4.79 Å². The molecule has 0 aliphatic heterocycles. The first kappa shape index (κ1) is 10.3. The Morgan fingerprint density at radius 3 is 2.29 bits per heavy atom. The Hall–Kier alpha value is -1.79.